The van der Waals surface area contributed by atoms with Crippen LogP contribution in [0.15, 0.2) is 24.3 Å². The van der Waals surface area contributed by atoms with E-state index in [9.17, 15) is 4.79 Å². The minimum atomic E-state index is -0.197. The molecule has 25 heavy (non-hydrogen) atoms. The van der Waals surface area contributed by atoms with Crippen molar-refractivity contribution in [2.75, 3.05) is 26.8 Å². The highest BCUT2D eigenvalue weighted by atomic mass is 16.5. The molecule has 0 unspecified atom stereocenters. The van der Waals surface area contributed by atoms with Gasteiger partial charge in [0.15, 0.2) is 0 Å². The number of carbonyl (C=O) groups is 1. The molecule has 0 saturated carbocycles. The van der Waals surface area contributed by atoms with E-state index in [-0.39, 0.29) is 17.9 Å². The van der Waals surface area contributed by atoms with E-state index >= 15 is 0 Å². The quantitative estimate of drug-likeness (QED) is 0.823. The molecule has 2 saturated heterocycles. The average molecular weight is 346 g/mol. The van der Waals surface area contributed by atoms with Gasteiger partial charge < -0.3 is 15.2 Å². The molecule has 0 aliphatic carbocycles. The summed E-state index contributed by atoms with van der Waals surface area (Å²) in [4.78, 5) is 14.0. The fourth-order valence-electron chi connectivity index (χ4n) is 4.08. The molecule has 2 fully saturated rings. The van der Waals surface area contributed by atoms with Gasteiger partial charge in [0.05, 0.1) is 18.6 Å². The van der Waals surface area contributed by atoms with E-state index in [2.05, 4.69) is 29.2 Å². The number of hydrogen-bond donors (Lipinski definition) is 1. The zero-order valence-electron chi connectivity index (χ0n) is 15.2. The van der Waals surface area contributed by atoms with E-state index < -0.39 is 0 Å². The van der Waals surface area contributed by atoms with Crippen LogP contribution in [0.3, 0.4) is 0 Å². The second kappa shape index (κ2) is 8.79. The van der Waals surface area contributed by atoms with Crippen LogP contribution in [0.4, 0.5) is 0 Å². The van der Waals surface area contributed by atoms with Crippen molar-refractivity contribution in [1.29, 1.82) is 0 Å². The van der Waals surface area contributed by atoms with Gasteiger partial charge in [0.25, 0.3) is 0 Å². The summed E-state index contributed by atoms with van der Waals surface area (Å²) in [5, 5.41) is 0. The Morgan fingerprint density at radius 2 is 1.88 bits per heavy atom. The number of likely N-dealkylation sites (tertiary alicyclic amines) is 1. The van der Waals surface area contributed by atoms with Crippen LogP contribution in [0.25, 0.3) is 0 Å². The fourth-order valence-corrected chi connectivity index (χ4v) is 4.08. The highest BCUT2D eigenvalue weighted by Gasteiger charge is 2.34. The fraction of sp³-hybridized carbons (Fsp3) is 0.650. The van der Waals surface area contributed by atoms with Crippen LogP contribution in [0, 0.1) is 11.8 Å². The number of ether oxygens (including phenoxy) is 2. The minimum absolute atomic E-state index is 0.0439. The van der Waals surface area contributed by atoms with Gasteiger partial charge in [-0.05, 0) is 55.8 Å². The first-order valence-electron chi connectivity index (χ1n) is 9.35. The Balaban J connectivity index is 1.43. The van der Waals surface area contributed by atoms with Crippen molar-refractivity contribution >= 4 is 5.91 Å². The number of nitrogens with zero attached hydrogens (tertiary/aromatic N) is 1. The number of nitrogens with two attached hydrogens (primary N) is 1. The number of primary amides is 1. The molecule has 5 nitrogen and oxygen atoms in total. The Morgan fingerprint density at radius 3 is 2.52 bits per heavy atom. The Hall–Kier alpha value is -1.43. The lowest BCUT2D eigenvalue weighted by molar-refractivity contribution is -0.123. The normalized spacial score (nSPS) is 25.3. The van der Waals surface area contributed by atoms with Crippen LogP contribution in [0.5, 0.6) is 0 Å². The van der Waals surface area contributed by atoms with Gasteiger partial charge in [0, 0.05) is 20.3 Å². The molecule has 0 radical (unpaired) electrons. The van der Waals surface area contributed by atoms with Crippen molar-refractivity contribution in [2.24, 2.45) is 17.6 Å². The summed E-state index contributed by atoms with van der Waals surface area (Å²) < 4.78 is 10.9. The van der Waals surface area contributed by atoms with Crippen molar-refractivity contribution < 1.29 is 14.3 Å². The van der Waals surface area contributed by atoms with Crippen LogP contribution in [-0.2, 0) is 27.4 Å². The highest BCUT2D eigenvalue weighted by Crippen LogP contribution is 2.31. The molecule has 138 valence electrons. The molecule has 3 rings (SSSR count). The second-order valence-electron chi connectivity index (χ2n) is 7.41. The van der Waals surface area contributed by atoms with E-state index in [1.54, 1.807) is 7.11 Å². The molecule has 0 bridgehead atoms. The van der Waals surface area contributed by atoms with Crippen LogP contribution < -0.4 is 5.73 Å². The first kappa shape index (κ1) is 18.4. The van der Waals surface area contributed by atoms with E-state index in [0.717, 1.165) is 32.5 Å². The third-order valence-corrected chi connectivity index (χ3v) is 5.59. The largest absolute Gasteiger partial charge is 0.380 e. The average Bonchev–Trinajstić information content (AvgIpc) is 3.07. The molecule has 1 aromatic carbocycles. The SMILES string of the molecule is COCc1ccc(CN2CCC(C[C@H]3OCC[C@H]3C(N)=O)CC2)cc1. The second-order valence-corrected chi connectivity index (χ2v) is 7.41. The number of amides is 1. The third-order valence-electron chi connectivity index (χ3n) is 5.59. The summed E-state index contributed by atoms with van der Waals surface area (Å²) in [5.41, 5.74) is 8.06. The van der Waals surface area contributed by atoms with Crippen LogP contribution in [0.2, 0.25) is 0 Å². The van der Waals surface area contributed by atoms with Crippen LogP contribution in [0.1, 0.15) is 36.8 Å². The van der Waals surface area contributed by atoms with Crippen molar-refractivity contribution in [3.05, 3.63) is 35.4 Å². The van der Waals surface area contributed by atoms with Gasteiger partial charge in [0.2, 0.25) is 5.91 Å². The molecular formula is C20H30N2O3. The zero-order valence-corrected chi connectivity index (χ0v) is 15.2. The molecule has 2 N–H and O–H groups in total. The third kappa shape index (κ3) is 5.03. The summed E-state index contributed by atoms with van der Waals surface area (Å²) in [5.74, 6) is 0.366. The standard InChI is InChI=1S/C20H30N2O3/c1-24-14-17-4-2-16(3-5-17)13-22-9-6-15(7-10-22)12-19-18(20(21)23)8-11-25-19/h2-5,15,18-19H,6-14H2,1H3,(H2,21,23)/t18-,19-/m1/s1. The summed E-state index contributed by atoms with van der Waals surface area (Å²) in [7, 11) is 1.72. The maximum atomic E-state index is 11.5. The van der Waals surface area contributed by atoms with Gasteiger partial charge in [-0.1, -0.05) is 24.3 Å². The predicted molar refractivity (Wildman–Crippen MR) is 96.8 cm³/mol. The topological polar surface area (TPSA) is 64.8 Å². The monoisotopic (exact) mass is 346 g/mol. The molecule has 1 aromatic rings. The molecule has 2 aliphatic heterocycles. The first-order valence-corrected chi connectivity index (χ1v) is 9.35. The van der Waals surface area contributed by atoms with Crippen LogP contribution in [-0.4, -0.2) is 43.7 Å². The maximum absolute atomic E-state index is 11.5. The number of piperidine rings is 1. The molecule has 2 heterocycles. The molecule has 2 atom stereocenters. The maximum Gasteiger partial charge on any atom is 0.223 e. The molecule has 2 aliphatic rings. The van der Waals surface area contributed by atoms with Gasteiger partial charge in [-0.15, -0.1) is 0 Å². The highest BCUT2D eigenvalue weighted by molar-refractivity contribution is 5.77. The Labute approximate surface area is 150 Å². The van der Waals surface area contributed by atoms with E-state index in [4.69, 9.17) is 15.2 Å². The smallest absolute Gasteiger partial charge is 0.223 e. The van der Waals surface area contributed by atoms with E-state index in [0.29, 0.717) is 19.1 Å². The number of benzene rings is 1. The summed E-state index contributed by atoms with van der Waals surface area (Å²) in [6.45, 7) is 4.57. The number of rotatable bonds is 7. The summed E-state index contributed by atoms with van der Waals surface area (Å²) in [6.07, 6.45) is 4.16. The number of hydrogen-bond acceptors (Lipinski definition) is 4. The van der Waals surface area contributed by atoms with Crippen LogP contribution >= 0.6 is 0 Å². The zero-order chi connectivity index (χ0) is 17.6. The molecule has 0 spiro atoms. The van der Waals surface area contributed by atoms with E-state index in [1.807, 2.05) is 0 Å². The van der Waals surface area contributed by atoms with Crippen molar-refractivity contribution in [1.82, 2.24) is 4.90 Å². The lowest BCUT2D eigenvalue weighted by Gasteiger charge is -2.33. The molecular weight excluding hydrogens is 316 g/mol. The Kier molecular flexibility index (Phi) is 6.45. The van der Waals surface area contributed by atoms with Crippen molar-refractivity contribution in [3.63, 3.8) is 0 Å². The molecule has 0 aromatic heterocycles. The molecule has 5 heteroatoms. The van der Waals surface area contributed by atoms with Gasteiger partial charge in [-0.25, -0.2) is 0 Å². The van der Waals surface area contributed by atoms with Crippen molar-refractivity contribution in [2.45, 2.75) is 44.9 Å². The number of carbonyl (C=O) groups excluding carboxylic acids is 1. The first-order chi connectivity index (χ1) is 12.2. The van der Waals surface area contributed by atoms with Gasteiger partial charge >= 0.3 is 0 Å². The summed E-state index contributed by atoms with van der Waals surface area (Å²) in [6, 6.07) is 8.69. The number of methoxy groups -OCH3 is 1. The van der Waals surface area contributed by atoms with Crippen molar-refractivity contribution in [3.8, 4) is 0 Å². The minimum Gasteiger partial charge on any atom is -0.380 e. The summed E-state index contributed by atoms with van der Waals surface area (Å²) >= 11 is 0. The Bertz CT molecular complexity index is 553. The Morgan fingerprint density at radius 1 is 1.20 bits per heavy atom. The van der Waals surface area contributed by atoms with E-state index in [1.165, 1.54) is 24.0 Å². The predicted octanol–water partition coefficient (Wildman–Crippen LogP) is 2.33. The lowest BCUT2D eigenvalue weighted by atomic mass is 9.86. The van der Waals surface area contributed by atoms with Gasteiger partial charge in [0.1, 0.15) is 0 Å². The molecule has 1 amide bonds. The van der Waals surface area contributed by atoms with Gasteiger partial charge in [-0.2, -0.15) is 0 Å². The van der Waals surface area contributed by atoms with Gasteiger partial charge in [-0.3, -0.25) is 9.69 Å². The lowest BCUT2D eigenvalue weighted by Crippen LogP contribution is -2.36.